The molecule has 0 radical (unpaired) electrons. The van der Waals surface area contributed by atoms with E-state index in [1.165, 1.54) is 18.0 Å². The van der Waals surface area contributed by atoms with E-state index in [1.807, 2.05) is 37.3 Å². The van der Waals surface area contributed by atoms with E-state index in [1.54, 1.807) is 37.4 Å². The van der Waals surface area contributed by atoms with Crippen molar-refractivity contribution in [2.45, 2.75) is 13.5 Å². The van der Waals surface area contributed by atoms with E-state index in [0.29, 0.717) is 33.3 Å². The van der Waals surface area contributed by atoms with E-state index < -0.39 is 11.9 Å². The number of hydrogen-bond donors (Lipinski definition) is 3. The fraction of sp³-hybridized carbons (Fsp3) is 0.172. The van der Waals surface area contributed by atoms with Gasteiger partial charge < -0.3 is 25.6 Å². The van der Waals surface area contributed by atoms with Crippen molar-refractivity contribution in [1.29, 1.82) is 0 Å². The Morgan fingerprint density at radius 2 is 1.76 bits per heavy atom. The number of likely N-dealkylation sites (N-methyl/N-ethyl adjacent to an activating group) is 1. The van der Waals surface area contributed by atoms with Gasteiger partial charge in [0.1, 0.15) is 12.4 Å². The average Bonchev–Trinajstić information content (AvgIpc) is 2.95. The summed E-state index contributed by atoms with van der Waals surface area (Å²) in [6, 6.07) is 18.7. The topological polar surface area (TPSA) is 113 Å². The van der Waals surface area contributed by atoms with Crippen LogP contribution in [0.2, 0.25) is 10.0 Å². The van der Waals surface area contributed by atoms with Gasteiger partial charge in [-0.05, 0) is 49.4 Å². The number of anilines is 2. The van der Waals surface area contributed by atoms with Gasteiger partial charge in [0.15, 0.2) is 0 Å². The number of benzene rings is 3. The number of nitrogens with one attached hydrogen (secondary N) is 3. The predicted molar refractivity (Wildman–Crippen MR) is 165 cm³/mol. The second kappa shape index (κ2) is 14.0. The Bertz CT molecular complexity index is 1600. The number of nitrogens with zero attached hydrogens (tertiary/aromatic N) is 2. The molecule has 1 aromatic heterocycles. The first-order valence-corrected chi connectivity index (χ1v) is 13.0. The van der Waals surface area contributed by atoms with E-state index in [0.717, 1.165) is 16.6 Å². The lowest BCUT2D eigenvalue weighted by molar-refractivity contribution is -0.117. The van der Waals surface area contributed by atoms with Gasteiger partial charge in [-0.15, -0.1) is 12.4 Å². The van der Waals surface area contributed by atoms with Gasteiger partial charge in [-0.1, -0.05) is 47.5 Å². The highest BCUT2D eigenvalue weighted by molar-refractivity contribution is 6.38. The van der Waals surface area contributed by atoms with Crippen LogP contribution in [0, 0.1) is 6.92 Å². The molecule has 0 saturated carbocycles. The third kappa shape index (κ3) is 7.58. The molecule has 0 aliphatic rings. The van der Waals surface area contributed by atoms with Gasteiger partial charge in [0.25, 0.3) is 5.91 Å². The molecule has 4 aromatic rings. The summed E-state index contributed by atoms with van der Waals surface area (Å²) in [4.78, 5) is 43.0. The number of rotatable bonds is 8. The number of carbonyl (C=O) groups is 3. The zero-order chi connectivity index (χ0) is 28.8. The minimum Gasteiger partial charge on any atom is -0.487 e. The Balaban J connectivity index is 0.00000462. The molecule has 12 heteroatoms. The average molecular weight is 617 g/mol. The Morgan fingerprint density at radius 3 is 2.51 bits per heavy atom. The molecule has 0 spiro atoms. The van der Waals surface area contributed by atoms with Crippen molar-refractivity contribution in [3.8, 4) is 5.75 Å². The zero-order valence-corrected chi connectivity index (χ0v) is 24.8. The summed E-state index contributed by atoms with van der Waals surface area (Å²) in [5.41, 5.74) is 3.30. The number of amides is 4. The number of ether oxygens (including phenoxy) is 1. The highest BCUT2D eigenvalue weighted by Gasteiger charge is 2.20. The lowest BCUT2D eigenvalue weighted by Gasteiger charge is -2.21. The maximum absolute atomic E-state index is 12.9. The second-order valence-electron chi connectivity index (χ2n) is 8.83. The molecule has 0 unspecified atom stereocenters. The molecule has 0 fully saturated rings. The van der Waals surface area contributed by atoms with Crippen LogP contribution in [0.4, 0.5) is 16.2 Å². The smallest absolute Gasteiger partial charge is 0.319 e. The van der Waals surface area contributed by atoms with Crippen LogP contribution in [0.3, 0.4) is 0 Å². The summed E-state index contributed by atoms with van der Waals surface area (Å²) in [7, 11) is 3.06. The molecule has 3 N–H and O–H groups in total. The Kier molecular flexibility index (Phi) is 10.8. The Hall–Kier alpha value is -4.05. The molecule has 0 bridgehead atoms. The van der Waals surface area contributed by atoms with Crippen LogP contribution in [0.5, 0.6) is 5.75 Å². The standard InChI is InChI=1S/C29H27Cl2N5O4.ClH/c1-17-25(14-18-7-4-5-10-23(18)34-17)40-16-21-22(30)11-12-24(27(21)31)36(3)26(37)15-33-29(39)35-20-9-6-8-19(13-20)28(38)32-2;/h4-14H,15-16H2,1-3H3,(H,32,38)(H2,33,35,39);1H. The first kappa shape index (κ1) is 31.5. The van der Waals surface area contributed by atoms with Crippen LogP contribution in [-0.2, 0) is 11.4 Å². The van der Waals surface area contributed by atoms with Crippen LogP contribution in [0.15, 0.2) is 66.7 Å². The molecule has 0 aliphatic heterocycles. The lowest BCUT2D eigenvalue weighted by Crippen LogP contribution is -2.40. The van der Waals surface area contributed by atoms with Crippen molar-refractivity contribution in [1.82, 2.24) is 15.6 Å². The number of halogens is 3. The highest BCUT2D eigenvalue weighted by Crippen LogP contribution is 2.35. The van der Waals surface area contributed by atoms with Crippen molar-refractivity contribution in [2.24, 2.45) is 0 Å². The SMILES string of the molecule is CNC(=O)c1cccc(NC(=O)NCC(=O)N(C)c2ccc(Cl)c(COc3cc4ccccc4nc3C)c2Cl)c1.Cl. The lowest BCUT2D eigenvalue weighted by atomic mass is 10.1. The molecule has 9 nitrogen and oxygen atoms in total. The fourth-order valence-corrected chi connectivity index (χ4v) is 4.54. The van der Waals surface area contributed by atoms with Gasteiger partial charge in [-0.3, -0.25) is 9.59 Å². The molecule has 214 valence electrons. The van der Waals surface area contributed by atoms with E-state index in [2.05, 4.69) is 20.9 Å². The van der Waals surface area contributed by atoms with Crippen molar-refractivity contribution >= 4 is 75.7 Å². The predicted octanol–water partition coefficient (Wildman–Crippen LogP) is 5.99. The van der Waals surface area contributed by atoms with E-state index >= 15 is 0 Å². The first-order chi connectivity index (χ1) is 19.2. The third-order valence-corrected chi connectivity index (χ3v) is 6.93. The summed E-state index contributed by atoms with van der Waals surface area (Å²) in [5, 5.41) is 9.22. The largest absolute Gasteiger partial charge is 0.487 e. The summed E-state index contributed by atoms with van der Waals surface area (Å²) >= 11 is 13.1. The maximum Gasteiger partial charge on any atom is 0.319 e. The van der Waals surface area contributed by atoms with Crippen LogP contribution in [0.1, 0.15) is 21.6 Å². The van der Waals surface area contributed by atoms with Gasteiger partial charge >= 0.3 is 6.03 Å². The fourth-order valence-electron chi connectivity index (χ4n) is 3.93. The van der Waals surface area contributed by atoms with Crippen LogP contribution in [-0.4, -0.2) is 43.5 Å². The number of hydrogen-bond acceptors (Lipinski definition) is 5. The molecule has 0 aliphatic carbocycles. The maximum atomic E-state index is 12.9. The summed E-state index contributed by atoms with van der Waals surface area (Å²) in [6.07, 6.45) is 0. The summed E-state index contributed by atoms with van der Waals surface area (Å²) in [6.45, 7) is 1.62. The molecule has 4 amide bonds. The van der Waals surface area contributed by atoms with Crippen LogP contribution in [0.25, 0.3) is 10.9 Å². The highest BCUT2D eigenvalue weighted by atomic mass is 35.5. The van der Waals surface area contributed by atoms with E-state index in [-0.39, 0.29) is 36.5 Å². The third-order valence-electron chi connectivity index (χ3n) is 6.15. The molecule has 0 saturated heterocycles. The molecule has 4 rings (SSSR count). The Morgan fingerprint density at radius 1 is 1.00 bits per heavy atom. The first-order valence-electron chi connectivity index (χ1n) is 12.3. The summed E-state index contributed by atoms with van der Waals surface area (Å²) in [5.74, 6) is -0.105. The minimum absolute atomic E-state index is 0. The number of pyridine rings is 1. The zero-order valence-electron chi connectivity index (χ0n) is 22.5. The molecule has 41 heavy (non-hydrogen) atoms. The molecule has 3 aromatic carbocycles. The number of aromatic nitrogens is 1. The van der Waals surface area contributed by atoms with Crippen LogP contribution < -0.4 is 25.6 Å². The van der Waals surface area contributed by atoms with Gasteiger partial charge in [-0.2, -0.15) is 0 Å². The van der Waals surface area contributed by atoms with Gasteiger partial charge in [0.2, 0.25) is 5.91 Å². The number of aryl methyl sites for hydroxylation is 1. The quantitative estimate of drug-likeness (QED) is 0.225. The van der Waals surface area contributed by atoms with Crippen molar-refractivity contribution in [3.63, 3.8) is 0 Å². The van der Waals surface area contributed by atoms with E-state index in [9.17, 15) is 14.4 Å². The van der Waals surface area contributed by atoms with E-state index in [4.69, 9.17) is 27.9 Å². The minimum atomic E-state index is -0.605. The monoisotopic (exact) mass is 615 g/mol. The Labute approximate surface area is 253 Å². The van der Waals surface area contributed by atoms with Gasteiger partial charge in [-0.25, -0.2) is 9.78 Å². The van der Waals surface area contributed by atoms with Gasteiger partial charge in [0.05, 0.1) is 28.5 Å². The second-order valence-corrected chi connectivity index (χ2v) is 9.62. The van der Waals surface area contributed by atoms with Gasteiger partial charge in [0, 0.05) is 41.3 Å². The molecule has 0 atom stereocenters. The molecule has 1 heterocycles. The number of para-hydroxylation sites is 1. The van der Waals surface area contributed by atoms with Crippen molar-refractivity contribution in [2.75, 3.05) is 30.9 Å². The summed E-state index contributed by atoms with van der Waals surface area (Å²) < 4.78 is 6.03. The molecular formula is C29H28Cl3N5O4. The van der Waals surface area contributed by atoms with Crippen molar-refractivity contribution < 1.29 is 19.1 Å². The number of carbonyl (C=O) groups excluding carboxylic acids is 3. The van der Waals surface area contributed by atoms with Crippen molar-refractivity contribution in [3.05, 3.63) is 93.6 Å². The normalized spacial score (nSPS) is 10.4. The number of fused-ring (bicyclic) bond motifs is 1. The van der Waals surface area contributed by atoms with Crippen LogP contribution >= 0.6 is 35.6 Å². The molecular weight excluding hydrogens is 589 g/mol. The number of urea groups is 1.